The number of aromatic amines is 1. The first-order chi connectivity index (χ1) is 17.0. The number of anilines is 1. The average Bonchev–Trinajstić information content (AvgIpc) is 3.61. The lowest BCUT2D eigenvalue weighted by Crippen LogP contribution is -2.39. The van der Waals surface area contributed by atoms with Gasteiger partial charge in [0, 0.05) is 36.2 Å². The highest BCUT2D eigenvalue weighted by atomic mass is 16.2. The first-order valence-electron chi connectivity index (χ1n) is 11.9. The van der Waals surface area contributed by atoms with Crippen molar-refractivity contribution in [3.63, 3.8) is 0 Å². The van der Waals surface area contributed by atoms with Crippen LogP contribution >= 0.6 is 0 Å². The van der Waals surface area contributed by atoms with E-state index in [1.807, 2.05) is 48.7 Å². The van der Waals surface area contributed by atoms with Crippen LogP contribution in [0.2, 0.25) is 0 Å². The lowest BCUT2D eigenvalue weighted by molar-refractivity contribution is -0.127. The molecule has 2 amide bonds. The minimum Gasteiger partial charge on any atom is -0.346 e. The Labute approximate surface area is 204 Å². The molecule has 2 N–H and O–H groups in total. The Hall–Kier alpha value is -4.18. The Morgan fingerprint density at radius 2 is 2.06 bits per heavy atom. The van der Waals surface area contributed by atoms with Gasteiger partial charge in [0.25, 0.3) is 5.91 Å². The molecule has 3 heterocycles. The van der Waals surface area contributed by atoms with E-state index in [2.05, 4.69) is 34.4 Å². The maximum atomic E-state index is 13.3. The Morgan fingerprint density at radius 3 is 2.77 bits per heavy atom. The van der Waals surface area contributed by atoms with Gasteiger partial charge in [0.05, 0.1) is 12.5 Å². The SMILES string of the molecule is CC1CN(C(=O)/C(=C/c2ccccc2)CC#N)CC=C1c1cc(NC(=O)C2CC2)nc2[nH]ccc12. The number of carbonyl (C=O) groups excluding carboxylic acids is 2. The van der Waals surface area contributed by atoms with Gasteiger partial charge in [-0.25, -0.2) is 4.98 Å². The summed E-state index contributed by atoms with van der Waals surface area (Å²) in [5.41, 5.74) is 4.25. The highest BCUT2D eigenvalue weighted by molar-refractivity contribution is 6.00. The molecule has 1 aliphatic heterocycles. The quantitative estimate of drug-likeness (QED) is 0.512. The molecule has 35 heavy (non-hydrogen) atoms. The maximum absolute atomic E-state index is 13.3. The molecule has 7 heteroatoms. The van der Waals surface area contributed by atoms with Crippen LogP contribution in [-0.2, 0) is 9.59 Å². The first-order valence-corrected chi connectivity index (χ1v) is 11.9. The monoisotopic (exact) mass is 465 g/mol. The van der Waals surface area contributed by atoms with Gasteiger partial charge in [0.2, 0.25) is 5.91 Å². The van der Waals surface area contributed by atoms with Crippen molar-refractivity contribution in [1.29, 1.82) is 5.26 Å². The van der Waals surface area contributed by atoms with Crippen molar-refractivity contribution in [3.05, 3.63) is 71.4 Å². The number of amides is 2. The van der Waals surface area contributed by atoms with E-state index >= 15 is 0 Å². The van der Waals surface area contributed by atoms with Gasteiger partial charge in [0.1, 0.15) is 11.5 Å². The van der Waals surface area contributed by atoms with E-state index in [4.69, 9.17) is 0 Å². The van der Waals surface area contributed by atoms with E-state index in [9.17, 15) is 14.9 Å². The summed E-state index contributed by atoms with van der Waals surface area (Å²) >= 11 is 0. The molecule has 1 unspecified atom stereocenters. The van der Waals surface area contributed by atoms with E-state index in [0.717, 1.165) is 40.6 Å². The number of fused-ring (bicyclic) bond motifs is 1. The molecule has 0 bridgehead atoms. The minimum absolute atomic E-state index is 0.0204. The zero-order valence-electron chi connectivity index (χ0n) is 19.6. The standard InChI is InChI=1S/C28H27N5O2/c1-18-17-33(28(35)21(9-12-29)15-19-5-3-2-4-6-19)14-11-22(18)24-16-25(32-27(34)20-7-8-20)31-26-23(24)10-13-30-26/h2-6,10-11,13,15-16,18,20H,7-9,14,17H2,1H3,(H2,30,31,32,34)/b21-15+. The summed E-state index contributed by atoms with van der Waals surface area (Å²) in [7, 11) is 0. The molecule has 2 aliphatic rings. The average molecular weight is 466 g/mol. The second-order valence-corrected chi connectivity index (χ2v) is 9.24. The van der Waals surface area contributed by atoms with E-state index in [1.54, 1.807) is 11.0 Å². The molecule has 2 aromatic heterocycles. The van der Waals surface area contributed by atoms with Crippen LogP contribution in [-0.4, -0.2) is 39.8 Å². The molecular formula is C28H27N5O2. The molecule has 0 saturated heterocycles. The fourth-order valence-electron chi connectivity index (χ4n) is 4.60. The third-order valence-corrected chi connectivity index (χ3v) is 6.57. The van der Waals surface area contributed by atoms with Crippen molar-refractivity contribution >= 4 is 40.3 Å². The van der Waals surface area contributed by atoms with Crippen LogP contribution < -0.4 is 5.32 Å². The molecule has 1 aliphatic carbocycles. The van der Waals surface area contributed by atoms with Crippen LogP contribution in [0.3, 0.4) is 0 Å². The molecule has 1 aromatic carbocycles. The van der Waals surface area contributed by atoms with Crippen molar-refractivity contribution in [2.45, 2.75) is 26.2 Å². The van der Waals surface area contributed by atoms with E-state index in [-0.39, 0.29) is 30.1 Å². The second-order valence-electron chi connectivity index (χ2n) is 9.24. The van der Waals surface area contributed by atoms with Crippen LogP contribution in [0.25, 0.3) is 22.7 Å². The van der Waals surface area contributed by atoms with Crippen LogP contribution in [0.1, 0.15) is 37.3 Å². The number of rotatable bonds is 6. The van der Waals surface area contributed by atoms with Crippen LogP contribution in [0.15, 0.2) is 60.3 Å². The number of nitriles is 1. The van der Waals surface area contributed by atoms with Crippen molar-refractivity contribution in [3.8, 4) is 6.07 Å². The largest absolute Gasteiger partial charge is 0.346 e. The Morgan fingerprint density at radius 1 is 1.26 bits per heavy atom. The highest BCUT2D eigenvalue weighted by Gasteiger charge is 2.31. The van der Waals surface area contributed by atoms with Crippen LogP contribution in [0, 0.1) is 23.2 Å². The number of hydrogen-bond donors (Lipinski definition) is 2. The first kappa shape index (κ1) is 22.6. The molecule has 1 saturated carbocycles. The van der Waals surface area contributed by atoms with Crippen molar-refractivity contribution in [2.24, 2.45) is 11.8 Å². The van der Waals surface area contributed by atoms with E-state index in [1.165, 1.54) is 0 Å². The number of nitrogens with one attached hydrogen (secondary N) is 2. The topological polar surface area (TPSA) is 102 Å². The van der Waals surface area contributed by atoms with Crippen LogP contribution in [0.4, 0.5) is 5.82 Å². The summed E-state index contributed by atoms with van der Waals surface area (Å²) in [5, 5.41) is 13.2. The predicted molar refractivity (Wildman–Crippen MR) is 136 cm³/mol. The maximum Gasteiger partial charge on any atom is 0.251 e. The minimum atomic E-state index is -0.114. The molecule has 3 aromatic rings. The summed E-state index contributed by atoms with van der Waals surface area (Å²) in [6.07, 6.45) is 7.65. The molecule has 176 valence electrons. The fourth-order valence-corrected chi connectivity index (χ4v) is 4.60. The molecule has 5 rings (SSSR count). The second kappa shape index (κ2) is 9.59. The van der Waals surface area contributed by atoms with Gasteiger partial charge in [-0.05, 0) is 53.7 Å². The summed E-state index contributed by atoms with van der Waals surface area (Å²) < 4.78 is 0. The predicted octanol–water partition coefficient (Wildman–Crippen LogP) is 4.77. The zero-order valence-corrected chi connectivity index (χ0v) is 19.6. The smallest absolute Gasteiger partial charge is 0.251 e. The van der Waals surface area contributed by atoms with Gasteiger partial charge in [0.15, 0.2) is 0 Å². The van der Waals surface area contributed by atoms with Crippen LogP contribution in [0.5, 0.6) is 0 Å². The normalized spacial score (nSPS) is 18.2. The lowest BCUT2D eigenvalue weighted by atomic mass is 9.89. The number of carbonyl (C=O) groups is 2. The third-order valence-electron chi connectivity index (χ3n) is 6.57. The summed E-state index contributed by atoms with van der Waals surface area (Å²) in [4.78, 5) is 35.2. The van der Waals surface area contributed by atoms with Crippen molar-refractivity contribution < 1.29 is 9.59 Å². The molecule has 0 radical (unpaired) electrons. The summed E-state index contributed by atoms with van der Waals surface area (Å²) in [5.74, 6) is 0.614. The molecule has 0 spiro atoms. The number of pyridine rings is 1. The van der Waals surface area contributed by atoms with Gasteiger partial charge < -0.3 is 15.2 Å². The van der Waals surface area contributed by atoms with Crippen molar-refractivity contribution in [2.75, 3.05) is 18.4 Å². The van der Waals surface area contributed by atoms with Crippen molar-refractivity contribution in [1.82, 2.24) is 14.9 Å². The summed E-state index contributed by atoms with van der Waals surface area (Å²) in [6.45, 7) is 3.09. The molecule has 1 atom stereocenters. The summed E-state index contributed by atoms with van der Waals surface area (Å²) in [6, 6.07) is 15.6. The van der Waals surface area contributed by atoms with Gasteiger partial charge in [-0.15, -0.1) is 0 Å². The Bertz CT molecular complexity index is 1380. The number of benzene rings is 1. The number of aromatic nitrogens is 2. The molecular weight excluding hydrogens is 438 g/mol. The Balaban J connectivity index is 1.41. The van der Waals surface area contributed by atoms with E-state index < -0.39 is 0 Å². The molecule has 1 fully saturated rings. The zero-order chi connectivity index (χ0) is 24.4. The van der Waals surface area contributed by atoms with E-state index in [0.29, 0.717) is 24.5 Å². The van der Waals surface area contributed by atoms with Gasteiger partial charge in [-0.3, -0.25) is 9.59 Å². The Kier molecular flexibility index (Phi) is 6.19. The number of nitrogens with zero attached hydrogens (tertiary/aromatic N) is 3. The van der Waals surface area contributed by atoms with Gasteiger partial charge >= 0.3 is 0 Å². The lowest BCUT2D eigenvalue weighted by Gasteiger charge is -2.32. The third kappa shape index (κ3) is 4.87. The van der Waals surface area contributed by atoms with Gasteiger partial charge in [-0.2, -0.15) is 5.26 Å². The van der Waals surface area contributed by atoms with Gasteiger partial charge in [-0.1, -0.05) is 43.3 Å². The highest BCUT2D eigenvalue weighted by Crippen LogP contribution is 2.35. The molecule has 7 nitrogen and oxygen atoms in total. The number of hydrogen-bond acceptors (Lipinski definition) is 4. The fraction of sp³-hybridized carbons (Fsp3) is 0.286. The number of H-pyrrole nitrogens is 1.